The van der Waals surface area contributed by atoms with Gasteiger partial charge < -0.3 is 15.2 Å². The van der Waals surface area contributed by atoms with Crippen LogP contribution >= 0.6 is 0 Å². The molecule has 2 rings (SSSR count). The molecule has 1 aromatic carbocycles. The van der Waals surface area contributed by atoms with Gasteiger partial charge in [0.15, 0.2) is 0 Å². The van der Waals surface area contributed by atoms with E-state index >= 15 is 0 Å². The van der Waals surface area contributed by atoms with Gasteiger partial charge >= 0.3 is 5.97 Å². The van der Waals surface area contributed by atoms with Crippen molar-refractivity contribution in [1.29, 1.82) is 0 Å². The molecule has 5 heteroatoms. The molecule has 0 bridgehead atoms. The Hall–Kier alpha value is -2.04. The summed E-state index contributed by atoms with van der Waals surface area (Å²) in [6.07, 6.45) is 4.62. The average molecular weight is 291 g/mol. The number of carbonyl (C=O) groups excluding carboxylic acids is 1. The molecular formula is C16H21NO4. The monoisotopic (exact) mass is 291 g/mol. The molecule has 0 atom stereocenters. The summed E-state index contributed by atoms with van der Waals surface area (Å²) in [5.74, 6) is -0.701. The summed E-state index contributed by atoms with van der Waals surface area (Å²) in [4.78, 5) is 23.9. The number of hydrogen-bond donors (Lipinski definition) is 2. The Morgan fingerprint density at radius 3 is 2.52 bits per heavy atom. The van der Waals surface area contributed by atoms with E-state index in [1.54, 1.807) is 12.1 Å². The molecular weight excluding hydrogens is 270 g/mol. The van der Waals surface area contributed by atoms with E-state index in [0.717, 1.165) is 32.1 Å². The van der Waals surface area contributed by atoms with Gasteiger partial charge in [0.1, 0.15) is 5.75 Å². The van der Waals surface area contributed by atoms with Gasteiger partial charge in [-0.3, -0.25) is 4.79 Å². The van der Waals surface area contributed by atoms with Crippen LogP contribution in [0.4, 0.5) is 5.69 Å². The summed E-state index contributed by atoms with van der Waals surface area (Å²) in [6, 6.07) is 4.65. The van der Waals surface area contributed by atoms with Crippen LogP contribution in [0.25, 0.3) is 0 Å². The minimum Gasteiger partial charge on any atom is -0.497 e. The van der Waals surface area contributed by atoms with Gasteiger partial charge in [-0.05, 0) is 37.5 Å². The van der Waals surface area contributed by atoms with Crippen molar-refractivity contribution < 1.29 is 19.4 Å². The number of benzene rings is 1. The van der Waals surface area contributed by atoms with Crippen LogP contribution in [0.3, 0.4) is 0 Å². The lowest BCUT2D eigenvalue weighted by Gasteiger charge is -2.26. The number of carboxylic acid groups (broad SMARTS) is 1. The van der Waals surface area contributed by atoms with Gasteiger partial charge in [-0.1, -0.05) is 19.8 Å². The first kappa shape index (κ1) is 15.4. The fraction of sp³-hybridized carbons (Fsp3) is 0.500. The number of methoxy groups -OCH3 is 1. The van der Waals surface area contributed by atoms with E-state index in [0.29, 0.717) is 11.4 Å². The molecule has 1 aromatic rings. The Bertz CT molecular complexity index is 547. The average Bonchev–Trinajstić information content (AvgIpc) is 2.97. The zero-order valence-electron chi connectivity index (χ0n) is 12.4. The van der Waals surface area contributed by atoms with Gasteiger partial charge in [0, 0.05) is 5.41 Å². The maximum absolute atomic E-state index is 12.6. The van der Waals surface area contributed by atoms with E-state index in [1.807, 2.05) is 6.92 Å². The maximum atomic E-state index is 12.6. The highest BCUT2D eigenvalue weighted by atomic mass is 16.5. The third-order valence-corrected chi connectivity index (χ3v) is 4.42. The zero-order valence-corrected chi connectivity index (χ0v) is 12.4. The molecule has 0 heterocycles. The molecule has 0 spiro atoms. The van der Waals surface area contributed by atoms with Crippen molar-refractivity contribution in [3.63, 3.8) is 0 Å². The van der Waals surface area contributed by atoms with Crippen molar-refractivity contribution in [2.45, 2.75) is 39.0 Å². The van der Waals surface area contributed by atoms with Crippen LogP contribution in [0.5, 0.6) is 5.75 Å². The van der Waals surface area contributed by atoms with Crippen LogP contribution in [0.15, 0.2) is 18.2 Å². The minimum absolute atomic E-state index is 0.0481. The molecule has 0 aromatic heterocycles. The first-order valence-corrected chi connectivity index (χ1v) is 7.25. The van der Waals surface area contributed by atoms with Crippen LogP contribution in [-0.4, -0.2) is 24.1 Å². The normalized spacial score (nSPS) is 16.5. The Morgan fingerprint density at radius 2 is 2.00 bits per heavy atom. The number of anilines is 1. The first-order valence-electron chi connectivity index (χ1n) is 7.25. The molecule has 1 fully saturated rings. The number of carbonyl (C=O) groups is 2. The Balaban J connectivity index is 2.26. The second-order valence-corrected chi connectivity index (χ2v) is 5.51. The second-order valence-electron chi connectivity index (χ2n) is 5.51. The lowest BCUT2D eigenvalue weighted by atomic mass is 9.82. The van der Waals surface area contributed by atoms with E-state index in [4.69, 9.17) is 4.74 Å². The summed E-state index contributed by atoms with van der Waals surface area (Å²) in [5.41, 5.74) is 0.0235. The minimum atomic E-state index is -1.08. The fourth-order valence-corrected chi connectivity index (χ4v) is 2.98. The van der Waals surface area contributed by atoms with E-state index < -0.39 is 5.97 Å². The van der Waals surface area contributed by atoms with Crippen LogP contribution in [0, 0.1) is 5.41 Å². The lowest BCUT2D eigenvalue weighted by molar-refractivity contribution is -0.125. The zero-order chi connectivity index (χ0) is 15.5. The SMILES string of the molecule is CCC1(C(=O)Nc2ccc(OC)cc2C(=O)O)CCCC1. The van der Waals surface area contributed by atoms with Crippen molar-refractivity contribution in [3.05, 3.63) is 23.8 Å². The van der Waals surface area contributed by atoms with Gasteiger partial charge in [-0.15, -0.1) is 0 Å². The molecule has 0 aliphatic heterocycles. The molecule has 2 N–H and O–H groups in total. The predicted molar refractivity (Wildman–Crippen MR) is 79.8 cm³/mol. The summed E-state index contributed by atoms with van der Waals surface area (Å²) in [5, 5.41) is 12.1. The summed E-state index contributed by atoms with van der Waals surface area (Å²) in [6.45, 7) is 2.01. The summed E-state index contributed by atoms with van der Waals surface area (Å²) in [7, 11) is 1.48. The van der Waals surface area contributed by atoms with E-state index in [1.165, 1.54) is 13.2 Å². The van der Waals surface area contributed by atoms with Crippen LogP contribution in [0.1, 0.15) is 49.4 Å². The second kappa shape index (κ2) is 6.16. The topological polar surface area (TPSA) is 75.6 Å². The number of amides is 1. The van der Waals surface area contributed by atoms with Crippen molar-refractivity contribution in [2.24, 2.45) is 5.41 Å². The third kappa shape index (κ3) is 3.01. The third-order valence-electron chi connectivity index (χ3n) is 4.42. The summed E-state index contributed by atoms with van der Waals surface area (Å²) >= 11 is 0. The van der Waals surface area contributed by atoms with Crippen molar-refractivity contribution >= 4 is 17.6 Å². The number of rotatable bonds is 5. The number of hydrogen-bond acceptors (Lipinski definition) is 3. The van der Waals surface area contributed by atoms with Gasteiger partial charge in [0.05, 0.1) is 18.4 Å². The fourth-order valence-electron chi connectivity index (χ4n) is 2.98. The molecule has 0 saturated heterocycles. The maximum Gasteiger partial charge on any atom is 0.337 e. The standard InChI is InChI=1S/C16H21NO4/c1-3-16(8-4-5-9-16)15(20)17-13-7-6-11(21-2)10-12(13)14(18)19/h6-7,10H,3-5,8-9H2,1-2H3,(H,17,20)(H,18,19). The highest BCUT2D eigenvalue weighted by molar-refractivity contribution is 6.02. The molecule has 0 radical (unpaired) electrons. The number of nitrogens with one attached hydrogen (secondary N) is 1. The summed E-state index contributed by atoms with van der Waals surface area (Å²) < 4.78 is 5.03. The molecule has 1 aliphatic carbocycles. The number of carboxylic acids is 1. The Kier molecular flexibility index (Phi) is 4.50. The number of ether oxygens (including phenoxy) is 1. The molecule has 1 saturated carbocycles. The first-order chi connectivity index (χ1) is 10.0. The Morgan fingerprint density at radius 1 is 1.33 bits per heavy atom. The highest BCUT2D eigenvalue weighted by Gasteiger charge is 2.39. The molecule has 5 nitrogen and oxygen atoms in total. The quantitative estimate of drug-likeness (QED) is 0.872. The highest BCUT2D eigenvalue weighted by Crippen LogP contribution is 2.42. The van der Waals surface area contributed by atoms with E-state index in [-0.39, 0.29) is 16.9 Å². The molecule has 0 unspecified atom stereocenters. The predicted octanol–water partition coefficient (Wildman–Crippen LogP) is 3.30. The van der Waals surface area contributed by atoms with Crippen molar-refractivity contribution in [1.82, 2.24) is 0 Å². The lowest BCUT2D eigenvalue weighted by Crippen LogP contribution is -2.33. The molecule has 1 amide bonds. The van der Waals surface area contributed by atoms with Gasteiger partial charge in [0.25, 0.3) is 0 Å². The largest absolute Gasteiger partial charge is 0.497 e. The molecule has 21 heavy (non-hydrogen) atoms. The molecule has 1 aliphatic rings. The van der Waals surface area contributed by atoms with Crippen molar-refractivity contribution in [3.8, 4) is 5.75 Å². The van der Waals surface area contributed by atoms with Gasteiger partial charge in [-0.25, -0.2) is 4.79 Å². The van der Waals surface area contributed by atoms with Gasteiger partial charge in [-0.2, -0.15) is 0 Å². The van der Waals surface area contributed by atoms with Gasteiger partial charge in [0.2, 0.25) is 5.91 Å². The smallest absolute Gasteiger partial charge is 0.337 e. The van der Waals surface area contributed by atoms with Crippen LogP contribution in [-0.2, 0) is 4.79 Å². The van der Waals surface area contributed by atoms with E-state index in [9.17, 15) is 14.7 Å². The molecule has 114 valence electrons. The van der Waals surface area contributed by atoms with Crippen LogP contribution in [0.2, 0.25) is 0 Å². The van der Waals surface area contributed by atoms with Crippen molar-refractivity contribution in [2.75, 3.05) is 12.4 Å². The van der Waals surface area contributed by atoms with Crippen LogP contribution < -0.4 is 10.1 Å². The van der Waals surface area contributed by atoms with E-state index in [2.05, 4.69) is 5.32 Å². The Labute approximate surface area is 124 Å². The number of aromatic carboxylic acids is 1.